The highest BCUT2D eigenvalue weighted by Crippen LogP contribution is 2.24. The van der Waals surface area contributed by atoms with E-state index < -0.39 is 0 Å². The SMILES string of the molecule is CC(C)CC(C)(C)CNCc1csnn1. The van der Waals surface area contributed by atoms with Crippen molar-refractivity contribution in [2.75, 3.05) is 6.54 Å². The van der Waals surface area contributed by atoms with Crippen LogP contribution in [0.4, 0.5) is 0 Å². The number of nitrogens with zero attached hydrogens (tertiary/aromatic N) is 2. The molecule has 0 spiro atoms. The minimum atomic E-state index is 0.359. The molecular formula is C11H21N3S. The highest BCUT2D eigenvalue weighted by atomic mass is 32.1. The third-order valence-electron chi connectivity index (χ3n) is 2.28. The average Bonchev–Trinajstić information content (AvgIpc) is 2.53. The Labute approximate surface area is 96.5 Å². The van der Waals surface area contributed by atoms with E-state index in [0.29, 0.717) is 5.41 Å². The van der Waals surface area contributed by atoms with Gasteiger partial charge in [-0.05, 0) is 29.3 Å². The molecule has 0 fully saturated rings. The lowest BCUT2D eigenvalue weighted by atomic mass is 9.84. The smallest absolute Gasteiger partial charge is 0.0893 e. The summed E-state index contributed by atoms with van der Waals surface area (Å²) >= 11 is 1.41. The quantitative estimate of drug-likeness (QED) is 0.812. The second-order valence-electron chi connectivity index (χ2n) is 5.26. The Bertz CT molecular complexity index is 267. The summed E-state index contributed by atoms with van der Waals surface area (Å²) in [5, 5.41) is 9.43. The second kappa shape index (κ2) is 5.56. The van der Waals surface area contributed by atoms with Gasteiger partial charge in [0.15, 0.2) is 0 Å². The average molecular weight is 227 g/mol. The maximum absolute atomic E-state index is 4.00. The van der Waals surface area contributed by atoms with Crippen LogP contribution >= 0.6 is 11.5 Å². The molecule has 0 aromatic carbocycles. The first kappa shape index (κ1) is 12.6. The Balaban J connectivity index is 2.24. The van der Waals surface area contributed by atoms with Crippen LogP contribution < -0.4 is 5.32 Å². The maximum Gasteiger partial charge on any atom is 0.0893 e. The van der Waals surface area contributed by atoms with Crippen molar-refractivity contribution in [1.29, 1.82) is 0 Å². The number of hydrogen-bond donors (Lipinski definition) is 1. The van der Waals surface area contributed by atoms with E-state index in [1.54, 1.807) is 0 Å². The standard InChI is InChI=1S/C11H21N3S/c1-9(2)5-11(3,4)8-12-6-10-7-15-14-13-10/h7,9,12H,5-6,8H2,1-4H3. The molecule has 0 aliphatic carbocycles. The minimum absolute atomic E-state index is 0.359. The summed E-state index contributed by atoms with van der Waals surface area (Å²) in [4.78, 5) is 0. The molecule has 1 rings (SSSR count). The molecule has 0 saturated carbocycles. The van der Waals surface area contributed by atoms with Gasteiger partial charge < -0.3 is 5.32 Å². The van der Waals surface area contributed by atoms with E-state index in [4.69, 9.17) is 0 Å². The van der Waals surface area contributed by atoms with Crippen molar-refractivity contribution in [2.45, 2.75) is 40.7 Å². The molecule has 3 nitrogen and oxygen atoms in total. The van der Waals surface area contributed by atoms with Gasteiger partial charge in [-0.2, -0.15) is 0 Å². The molecular weight excluding hydrogens is 206 g/mol. The zero-order chi connectivity index (χ0) is 11.3. The number of aromatic nitrogens is 2. The predicted molar refractivity (Wildman–Crippen MR) is 64.9 cm³/mol. The van der Waals surface area contributed by atoms with Crippen molar-refractivity contribution < 1.29 is 0 Å². The minimum Gasteiger partial charge on any atom is -0.311 e. The monoisotopic (exact) mass is 227 g/mol. The Kier molecular flexibility index (Phi) is 4.67. The van der Waals surface area contributed by atoms with Crippen LogP contribution in [-0.4, -0.2) is 16.1 Å². The molecule has 0 radical (unpaired) electrons. The van der Waals surface area contributed by atoms with Crippen LogP contribution in [0.25, 0.3) is 0 Å². The highest BCUT2D eigenvalue weighted by Gasteiger charge is 2.18. The van der Waals surface area contributed by atoms with Crippen molar-refractivity contribution in [3.63, 3.8) is 0 Å². The Morgan fingerprint density at radius 3 is 2.73 bits per heavy atom. The molecule has 0 aliphatic heterocycles. The molecule has 1 N–H and O–H groups in total. The molecule has 1 aromatic heterocycles. The van der Waals surface area contributed by atoms with Gasteiger partial charge in [0, 0.05) is 18.5 Å². The highest BCUT2D eigenvalue weighted by molar-refractivity contribution is 7.03. The van der Waals surface area contributed by atoms with Gasteiger partial charge in [-0.3, -0.25) is 0 Å². The fraction of sp³-hybridized carbons (Fsp3) is 0.818. The summed E-state index contributed by atoms with van der Waals surface area (Å²) in [5.41, 5.74) is 1.40. The van der Waals surface area contributed by atoms with Gasteiger partial charge in [0.2, 0.25) is 0 Å². The lowest BCUT2D eigenvalue weighted by Crippen LogP contribution is -2.30. The number of rotatable bonds is 6. The van der Waals surface area contributed by atoms with Gasteiger partial charge in [-0.25, -0.2) is 0 Å². The molecule has 0 saturated heterocycles. The van der Waals surface area contributed by atoms with E-state index in [2.05, 4.69) is 42.6 Å². The van der Waals surface area contributed by atoms with Gasteiger partial charge in [0.05, 0.1) is 5.69 Å². The first-order chi connectivity index (χ1) is 6.99. The van der Waals surface area contributed by atoms with Crippen molar-refractivity contribution in [2.24, 2.45) is 11.3 Å². The van der Waals surface area contributed by atoms with Crippen LogP contribution in [0.2, 0.25) is 0 Å². The zero-order valence-corrected chi connectivity index (χ0v) is 10.9. The van der Waals surface area contributed by atoms with Crippen LogP contribution in [0.1, 0.15) is 39.8 Å². The van der Waals surface area contributed by atoms with E-state index in [-0.39, 0.29) is 0 Å². The van der Waals surface area contributed by atoms with E-state index in [1.807, 2.05) is 5.38 Å². The number of nitrogens with one attached hydrogen (secondary N) is 1. The van der Waals surface area contributed by atoms with Crippen molar-refractivity contribution in [3.05, 3.63) is 11.1 Å². The molecule has 0 amide bonds. The van der Waals surface area contributed by atoms with Crippen molar-refractivity contribution in [3.8, 4) is 0 Å². The van der Waals surface area contributed by atoms with E-state index in [9.17, 15) is 0 Å². The molecule has 4 heteroatoms. The van der Waals surface area contributed by atoms with Gasteiger partial charge >= 0.3 is 0 Å². The summed E-state index contributed by atoms with van der Waals surface area (Å²) in [7, 11) is 0. The van der Waals surface area contributed by atoms with Gasteiger partial charge in [-0.1, -0.05) is 32.2 Å². The predicted octanol–water partition coefficient (Wildman–Crippen LogP) is 2.70. The first-order valence-electron chi connectivity index (χ1n) is 5.46. The molecule has 1 aromatic rings. The van der Waals surface area contributed by atoms with Crippen molar-refractivity contribution in [1.82, 2.24) is 14.9 Å². The molecule has 86 valence electrons. The summed E-state index contributed by atoms with van der Waals surface area (Å²) in [6, 6.07) is 0. The molecule has 0 bridgehead atoms. The topological polar surface area (TPSA) is 37.8 Å². The van der Waals surface area contributed by atoms with Gasteiger partial charge in [0.25, 0.3) is 0 Å². The zero-order valence-electron chi connectivity index (χ0n) is 10.1. The molecule has 1 heterocycles. The molecule has 0 aliphatic rings. The van der Waals surface area contributed by atoms with Crippen molar-refractivity contribution >= 4 is 11.5 Å². The first-order valence-corrected chi connectivity index (χ1v) is 6.30. The Hall–Kier alpha value is -0.480. The van der Waals surface area contributed by atoms with Gasteiger partial charge in [0.1, 0.15) is 0 Å². The van der Waals surface area contributed by atoms with Crippen LogP contribution in [-0.2, 0) is 6.54 Å². The second-order valence-corrected chi connectivity index (χ2v) is 5.87. The van der Waals surface area contributed by atoms with Crippen LogP contribution in [0.3, 0.4) is 0 Å². The van der Waals surface area contributed by atoms with Gasteiger partial charge in [-0.15, -0.1) is 5.10 Å². The fourth-order valence-electron chi connectivity index (χ4n) is 1.97. The van der Waals surface area contributed by atoms with E-state index in [1.165, 1.54) is 18.0 Å². The summed E-state index contributed by atoms with van der Waals surface area (Å²) in [6.45, 7) is 11.0. The fourth-order valence-corrected chi connectivity index (χ4v) is 2.42. The lowest BCUT2D eigenvalue weighted by Gasteiger charge is -2.26. The largest absolute Gasteiger partial charge is 0.311 e. The van der Waals surface area contributed by atoms with Crippen LogP contribution in [0, 0.1) is 11.3 Å². The lowest BCUT2D eigenvalue weighted by molar-refractivity contribution is 0.272. The summed E-state index contributed by atoms with van der Waals surface area (Å²) < 4.78 is 3.84. The summed E-state index contributed by atoms with van der Waals surface area (Å²) in [5.74, 6) is 0.753. The van der Waals surface area contributed by atoms with Crippen LogP contribution in [0.15, 0.2) is 5.38 Å². The molecule has 15 heavy (non-hydrogen) atoms. The Morgan fingerprint density at radius 1 is 1.47 bits per heavy atom. The summed E-state index contributed by atoms with van der Waals surface area (Å²) in [6.07, 6.45) is 1.25. The third-order valence-corrected chi connectivity index (χ3v) is 2.83. The Morgan fingerprint density at radius 2 is 2.20 bits per heavy atom. The number of hydrogen-bond acceptors (Lipinski definition) is 4. The molecule has 0 unspecified atom stereocenters. The molecule has 0 atom stereocenters. The van der Waals surface area contributed by atoms with E-state index in [0.717, 1.165) is 24.7 Å². The third kappa shape index (κ3) is 5.23. The van der Waals surface area contributed by atoms with E-state index >= 15 is 0 Å². The van der Waals surface area contributed by atoms with Crippen LogP contribution in [0.5, 0.6) is 0 Å². The normalized spacial score (nSPS) is 12.3. The maximum atomic E-state index is 4.00.